The number of aromatic nitrogens is 1. The zero-order valence-corrected chi connectivity index (χ0v) is 18.1. The lowest BCUT2D eigenvalue weighted by Crippen LogP contribution is -2.26. The number of halogens is 2. The summed E-state index contributed by atoms with van der Waals surface area (Å²) in [7, 11) is 1.29. The van der Waals surface area contributed by atoms with Crippen molar-refractivity contribution in [1.82, 2.24) is 4.98 Å². The monoisotopic (exact) mass is 440 g/mol. The Morgan fingerprint density at radius 3 is 2.43 bits per heavy atom. The van der Waals surface area contributed by atoms with Gasteiger partial charge in [0.2, 0.25) is 0 Å². The largest absolute Gasteiger partial charge is 0.465 e. The third kappa shape index (κ3) is 3.15. The van der Waals surface area contributed by atoms with Crippen molar-refractivity contribution in [2.45, 2.75) is 19.9 Å². The van der Waals surface area contributed by atoms with Crippen LogP contribution >= 0.6 is 23.2 Å². The fraction of sp³-hybridized carbons (Fsp3) is 0.174. The van der Waals surface area contributed by atoms with Crippen LogP contribution in [-0.4, -0.2) is 24.0 Å². The molecular formula is C23H18Cl2N2O3. The van der Waals surface area contributed by atoms with Crippen LogP contribution in [0.15, 0.2) is 48.5 Å². The average Bonchev–Trinajstić information content (AvgIpc) is 2.97. The second-order valence-electron chi connectivity index (χ2n) is 7.01. The molecule has 7 heteroatoms. The van der Waals surface area contributed by atoms with Gasteiger partial charge in [-0.05, 0) is 38.1 Å². The van der Waals surface area contributed by atoms with Gasteiger partial charge in [0, 0.05) is 26.9 Å². The molecule has 0 fully saturated rings. The number of nitrogens with zero attached hydrogens (tertiary/aromatic N) is 2. The SMILES string of the molecule is COC(=O)c1c(C)nc2c(c1-c1ccc(Cl)cc1Cl)C(=O)N(c1ccccc1)C2C. The van der Waals surface area contributed by atoms with E-state index in [4.69, 9.17) is 27.9 Å². The number of carbonyl (C=O) groups is 2. The highest BCUT2D eigenvalue weighted by Gasteiger charge is 2.41. The molecule has 1 atom stereocenters. The van der Waals surface area contributed by atoms with Crippen molar-refractivity contribution in [3.05, 3.63) is 81.1 Å². The Hall–Kier alpha value is -2.89. The Morgan fingerprint density at radius 1 is 1.10 bits per heavy atom. The van der Waals surface area contributed by atoms with E-state index in [-0.39, 0.29) is 17.5 Å². The van der Waals surface area contributed by atoms with Gasteiger partial charge < -0.3 is 4.74 Å². The van der Waals surface area contributed by atoms with Gasteiger partial charge >= 0.3 is 5.97 Å². The molecule has 3 aromatic rings. The normalized spacial score (nSPS) is 15.3. The number of benzene rings is 2. The highest BCUT2D eigenvalue weighted by molar-refractivity contribution is 6.37. The van der Waals surface area contributed by atoms with Gasteiger partial charge in [0.25, 0.3) is 5.91 Å². The van der Waals surface area contributed by atoms with E-state index in [1.807, 2.05) is 37.3 Å². The first-order valence-corrected chi connectivity index (χ1v) is 10.1. The number of aryl methyl sites for hydroxylation is 1. The second kappa shape index (κ2) is 7.74. The number of ether oxygens (including phenoxy) is 1. The lowest BCUT2D eigenvalue weighted by molar-refractivity contribution is 0.0600. The molecular weight excluding hydrogens is 423 g/mol. The maximum Gasteiger partial charge on any atom is 0.340 e. The number of amides is 1. The van der Waals surface area contributed by atoms with Gasteiger partial charge in [0.1, 0.15) is 0 Å². The molecule has 0 radical (unpaired) electrons. The van der Waals surface area contributed by atoms with Crippen LogP contribution < -0.4 is 4.90 Å². The Labute approximate surface area is 184 Å². The maximum absolute atomic E-state index is 13.6. The highest BCUT2D eigenvalue weighted by atomic mass is 35.5. The van der Waals surface area contributed by atoms with Crippen molar-refractivity contribution in [1.29, 1.82) is 0 Å². The summed E-state index contributed by atoms with van der Waals surface area (Å²) in [6, 6.07) is 14.0. The van der Waals surface area contributed by atoms with Crippen molar-refractivity contribution in [2.75, 3.05) is 12.0 Å². The van der Waals surface area contributed by atoms with Gasteiger partial charge in [-0.3, -0.25) is 14.7 Å². The van der Waals surface area contributed by atoms with E-state index in [1.54, 1.807) is 30.0 Å². The Balaban J connectivity index is 2.05. The number of methoxy groups -OCH3 is 1. The molecule has 2 heterocycles. The molecule has 0 spiro atoms. The van der Waals surface area contributed by atoms with E-state index in [0.717, 1.165) is 5.69 Å². The highest BCUT2D eigenvalue weighted by Crippen LogP contribution is 2.44. The van der Waals surface area contributed by atoms with E-state index in [2.05, 4.69) is 4.98 Å². The molecule has 1 aromatic heterocycles. The third-order valence-electron chi connectivity index (χ3n) is 5.25. The molecule has 0 N–H and O–H groups in total. The summed E-state index contributed by atoms with van der Waals surface area (Å²) < 4.78 is 5.00. The molecule has 152 valence electrons. The number of carbonyl (C=O) groups excluding carboxylic acids is 2. The summed E-state index contributed by atoms with van der Waals surface area (Å²) in [6.07, 6.45) is 0. The number of fused-ring (bicyclic) bond motifs is 1. The number of para-hydroxylation sites is 1. The van der Waals surface area contributed by atoms with Gasteiger partial charge in [-0.25, -0.2) is 4.79 Å². The quantitative estimate of drug-likeness (QED) is 0.477. The second-order valence-corrected chi connectivity index (χ2v) is 7.85. The number of hydrogen-bond acceptors (Lipinski definition) is 4. The van der Waals surface area contributed by atoms with Crippen LogP contribution in [0.25, 0.3) is 11.1 Å². The minimum absolute atomic E-state index is 0.218. The van der Waals surface area contributed by atoms with E-state index >= 15 is 0 Å². The van der Waals surface area contributed by atoms with Gasteiger partial charge in [-0.1, -0.05) is 47.5 Å². The summed E-state index contributed by atoms with van der Waals surface area (Å²) in [5, 5.41) is 0.787. The molecule has 30 heavy (non-hydrogen) atoms. The van der Waals surface area contributed by atoms with Crippen LogP contribution in [0, 0.1) is 6.92 Å². The smallest absolute Gasteiger partial charge is 0.340 e. The Kier molecular flexibility index (Phi) is 5.26. The van der Waals surface area contributed by atoms with Crippen LogP contribution in [0.4, 0.5) is 5.69 Å². The number of pyridine rings is 1. The van der Waals surface area contributed by atoms with Crippen molar-refractivity contribution in [3.63, 3.8) is 0 Å². The van der Waals surface area contributed by atoms with Gasteiger partial charge in [-0.2, -0.15) is 0 Å². The first-order chi connectivity index (χ1) is 14.3. The first-order valence-electron chi connectivity index (χ1n) is 9.32. The summed E-state index contributed by atoms with van der Waals surface area (Å²) in [5.41, 5.74) is 3.32. The number of anilines is 1. The van der Waals surface area contributed by atoms with Gasteiger partial charge in [0.05, 0.1) is 35.7 Å². The molecule has 0 saturated heterocycles. The zero-order valence-electron chi connectivity index (χ0n) is 16.6. The van der Waals surface area contributed by atoms with Crippen molar-refractivity contribution in [2.24, 2.45) is 0 Å². The molecule has 0 bridgehead atoms. The van der Waals surface area contributed by atoms with Crippen LogP contribution in [0.1, 0.15) is 45.1 Å². The molecule has 5 nitrogen and oxygen atoms in total. The van der Waals surface area contributed by atoms with Crippen LogP contribution in [-0.2, 0) is 4.74 Å². The molecule has 1 amide bonds. The number of esters is 1. The predicted molar refractivity (Wildman–Crippen MR) is 117 cm³/mol. The molecule has 2 aromatic carbocycles. The summed E-state index contributed by atoms with van der Waals surface area (Å²) in [4.78, 5) is 32.6. The molecule has 0 saturated carbocycles. The van der Waals surface area contributed by atoms with Crippen LogP contribution in [0.2, 0.25) is 10.0 Å². The molecule has 1 aliphatic rings. The Bertz CT molecular complexity index is 1180. The van der Waals surface area contributed by atoms with E-state index in [0.29, 0.717) is 38.1 Å². The fourth-order valence-electron chi connectivity index (χ4n) is 3.91. The van der Waals surface area contributed by atoms with E-state index in [9.17, 15) is 9.59 Å². The zero-order chi connectivity index (χ0) is 21.6. The van der Waals surface area contributed by atoms with Crippen LogP contribution in [0.5, 0.6) is 0 Å². The lowest BCUT2D eigenvalue weighted by Gasteiger charge is -2.21. The van der Waals surface area contributed by atoms with Gasteiger partial charge in [-0.15, -0.1) is 0 Å². The first kappa shape index (κ1) is 20.4. The van der Waals surface area contributed by atoms with Crippen LogP contribution in [0.3, 0.4) is 0 Å². The molecule has 1 aliphatic heterocycles. The lowest BCUT2D eigenvalue weighted by atomic mass is 9.92. The molecule has 1 unspecified atom stereocenters. The third-order valence-corrected chi connectivity index (χ3v) is 5.79. The molecule has 4 rings (SSSR count). The Morgan fingerprint density at radius 2 is 1.80 bits per heavy atom. The van der Waals surface area contributed by atoms with Gasteiger partial charge in [0.15, 0.2) is 0 Å². The van der Waals surface area contributed by atoms with E-state index < -0.39 is 5.97 Å². The predicted octanol–water partition coefficient (Wildman–Crippen LogP) is 5.87. The number of hydrogen-bond donors (Lipinski definition) is 0. The minimum Gasteiger partial charge on any atom is -0.465 e. The summed E-state index contributed by atoms with van der Waals surface area (Å²) in [5.74, 6) is -0.829. The van der Waals surface area contributed by atoms with Crippen molar-refractivity contribution in [3.8, 4) is 11.1 Å². The maximum atomic E-state index is 13.6. The summed E-state index contributed by atoms with van der Waals surface area (Å²) in [6.45, 7) is 3.64. The molecule has 0 aliphatic carbocycles. The van der Waals surface area contributed by atoms with E-state index in [1.165, 1.54) is 7.11 Å². The number of rotatable bonds is 3. The average molecular weight is 441 g/mol. The summed E-state index contributed by atoms with van der Waals surface area (Å²) >= 11 is 12.6. The minimum atomic E-state index is -0.581. The fourth-order valence-corrected chi connectivity index (χ4v) is 4.41. The van der Waals surface area contributed by atoms with Crippen molar-refractivity contribution >= 4 is 40.8 Å². The van der Waals surface area contributed by atoms with Crippen molar-refractivity contribution < 1.29 is 14.3 Å². The standard InChI is InChI=1S/C23H18Cl2N2O3/c1-12-18(23(29)30-3)19(16-10-9-14(24)11-17(16)25)20-21(26-12)13(2)27(22(20)28)15-7-5-4-6-8-15/h4-11,13H,1-3H3. The topological polar surface area (TPSA) is 59.5 Å².